The van der Waals surface area contributed by atoms with Gasteiger partial charge in [-0.2, -0.15) is 28.5 Å². The molecule has 36 heavy (non-hydrogen) atoms. The van der Waals surface area contributed by atoms with Gasteiger partial charge in [-0.1, -0.05) is 17.7 Å². The summed E-state index contributed by atoms with van der Waals surface area (Å²) in [6, 6.07) is 7.09. The molecule has 0 saturated carbocycles. The fraction of sp³-hybridized carbons (Fsp3) is 0.0909. The van der Waals surface area contributed by atoms with Crippen LogP contribution < -0.4 is 10.9 Å². The predicted molar refractivity (Wildman–Crippen MR) is 124 cm³/mol. The second-order valence-electron chi connectivity index (χ2n) is 7.56. The van der Waals surface area contributed by atoms with E-state index in [9.17, 15) is 22.8 Å². The Kier molecular flexibility index (Phi) is 5.55. The number of carbonyl (C=O) groups excluding carboxylic acids is 1. The molecular weight excluding hydrogens is 501 g/mol. The lowest BCUT2D eigenvalue weighted by Gasteiger charge is -2.15. The molecule has 2 N–H and O–H groups in total. The Hall–Kier alpha value is -4.52. The first kappa shape index (κ1) is 23.2. The molecule has 0 bridgehead atoms. The van der Waals surface area contributed by atoms with Crippen LogP contribution in [-0.2, 0) is 6.18 Å². The fourth-order valence-corrected chi connectivity index (χ4v) is 3.94. The van der Waals surface area contributed by atoms with E-state index in [2.05, 4.69) is 30.6 Å². The second-order valence-corrected chi connectivity index (χ2v) is 7.97. The number of H-pyrrole nitrogens is 1. The largest absolute Gasteiger partial charge is 0.434 e. The van der Waals surface area contributed by atoms with Crippen LogP contribution in [0.1, 0.15) is 21.7 Å². The number of benzene rings is 1. The van der Waals surface area contributed by atoms with Crippen LogP contribution in [0.2, 0.25) is 5.02 Å². The summed E-state index contributed by atoms with van der Waals surface area (Å²) in [6.45, 7) is 1.54. The van der Waals surface area contributed by atoms with Gasteiger partial charge in [0, 0.05) is 17.0 Å². The fourth-order valence-electron chi connectivity index (χ4n) is 3.71. The highest BCUT2D eigenvalue weighted by Gasteiger charge is 2.41. The molecule has 0 spiro atoms. The van der Waals surface area contributed by atoms with E-state index in [1.165, 1.54) is 53.7 Å². The van der Waals surface area contributed by atoms with E-state index < -0.39 is 28.9 Å². The van der Waals surface area contributed by atoms with Crippen LogP contribution in [0.25, 0.3) is 22.3 Å². The quantitative estimate of drug-likeness (QED) is 0.375. The van der Waals surface area contributed by atoms with Crippen LogP contribution in [0.3, 0.4) is 0 Å². The second kappa shape index (κ2) is 8.61. The van der Waals surface area contributed by atoms with E-state index in [-0.39, 0.29) is 38.7 Å². The number of anilines is 1. The predicted octanol–water partition coefficient (Wildman–Crippen LogP) is 3.92. The third kappa shape index (κ3) is 3.98. The Morgan fingerprint density at radius 3 is 2.58 bits per heavy atom. The van der Waals surface area contributed by atoms with Crippen molar-refractivity contribution in [2.45, 2.75) is 13.1 Å². The Morgan fingerprint density at radius 2 is 1.86 bits per heavy atom. The van der Waals surface area contributed by atoms with Gasteiger partial charge in [0.05, 0.1) is 46.2 Å². The van der Waals surface area contributed by atoms with Gasteiger partial charge >= 0.3 is 6.18 Å². The zero-order valence-corrected chi connectivity index (χ0v) is 19.0. The molecule has 0 aliphatic heterocycles. The van der Waals surface area contributed by atoms with Crippen LogP contribution in [0, 0.1) is 6.92 Å². The number of nitrogens with zero attached hydrogens (tertiary/aromatic N) is 6. The average Bonchev–Trinajstić information content (AvgIpc) is 3.51. The molecule has 14 heteroatoms. The molecule has 1 amide bonds. The van der Waals surface area contributed by atoms with Crippen molar-refractivity contribution in [1.82, 2.24) is 34.7 Å². The van der Waals surface area contributed by atoms with E-state index in [4.69, 9.17) is 11.6 Å². The van der Waals surface area contributed by atoms with Crippen molar-refractivity contribution in [2.75, 3.05) is 5.32 Å². The van der Waals surface area contributed by atoms with Crippen molar-refractivity contribution in [1.29, 1.82) is 0 Å². The van der Waals surface area contributed by atoms with Crippen LogP contribution >= 0.6 is 11.6 Å². The van der Waals surface area contributed by atoms with Gasteiger partial charge in [-0.05, 0) is 31.2 Å². The third-order valence-electron chi connectivity index (χ3n) is 5.31. The minimum atomic E-state index is -4.95. The summed E-state index contributed by atoms with van der Waals surface area (Å²) in [4.78, 5) is 33.0. The SMILES string of the molecule is Cc1nc(-n2nccn2)c(Cl)cc1NC(=O)c1cnn(-c2cccc3c(=O)[nH]ccc23)c1C(F)(F)F. The third-order valence-corrected chi connectivity index (χ3v) is 5.59. The Balaban J connectivity index is 1.57. The summed E-state index contributed by atoms with van der Waals surface area (Å²) in [6.07, 6.45) is 0.0288. The summed E-state index contributed by atoms with van der Waals surface area (Å²) >= 11 is 6.24. The molecule has 0 radical (unpaired) electrons. The molecule has 4 aromatic heterocycles. The highest BCUT2D eigenvalue weighted by Crippen LogP contribution is 2.35. The Bertz CT molecular complexity index is 1680. The van der Waals surface area contributed by atoms with Gasteiger partial charge < -0.3 is 10.3 Å². The smallest absolute Gasteiger partial charge is 0.329 e. The number of alkyl halides is 3. The Morgan fingerprint density at radius 1 is 1.11 bits per heavy atom. The molecule has 1 aromatic carbocycles. The number of hydrogen-bond donors (Lipinski definition) is 2. The number of halogens is 4. The molecular formula is C22H14ClF3N8O2. The lowest BCUT2D eigenvalue weighted by molar-refractivity contribution is -0.143. The lowest BCUT2D eigenvalue weighted by atomic mass is 10.1. The van der Waals surface area contributed by atoms with Crippen molar-refractivity contribution in [2.24, 2.45) is 0 Å². The van der Waals surface area contributed by atoms with Gasteiger partial charge in [0.25, 0.3) is 11.5 Å². The first-order chi connectivity index (χ1) is 17.1. The number of aromatic amines is 1. The van der Waals surface area contributed by atoms with Gasteiger partial charge in [0.1, 0.15) is 0 Å². The highest BCUT2D eigenvalue weighted by atomic mass is 35.5. The van der Waals surface area contributed by atoms with Crippen LogP contribution in [0.5, 0.6) is 0 Å². The molecule has 0 aliphatic carbocycles. The summed E-state index contributed by atoms with van der Waals surface area (Å²) < 4.78 is 43.2. The number of fused-ring (bicyclic) bond motifs is 1. The van der Waals surface area contributed by atoms with E-state index >= 15 is 0 Å². The maximum absolute atomic E-state index is 14.2. The van der Waals surface area contributed by atoms with E-state index in [1.54, 1.807) is 6.92 Å². The maximum Gasteiger partial charge on any atom is 0.434 e. The number of aromatic nitrogens is 7. The number of amides is 1. The van der Waals surface area contributed by atoms with E-state index in [0.29, 0.717) is 4.68 Å². The van der Waals surface area contributed by atoms with Crippen LogP contribution in [0.15, 0.2) is 59.9 Å². The summed E-state index contributed by atoms with van der Waals surface area (Å²) in [5.74, 6) is -0.885. The number of carbonyl (C=O) groups is 1. The number of pyridine rings is 2. The monoisotopic (exact) mass is 514 g/mol. The summed E-state index contributed by atoms with van der Waals surface area (Å²) in [5.41, 5.74) is -2.14. The number of nitrogens with one attached hydrogen (secondary N) is 2. The number of rotatable bonds is 4. The van der Waals surface area contributed by atoms with Crippen molar-refractivity contribution >= 4 is 34.0 Å². The normalized spacial score (nSPS) is 11.7. The van der Waals surface area contributed by atoms with E-state index in [1.807, 2.05) is 0 Å². The number of hydrogen-bond acceptors (Lipinski definition) is 6. The Labute approximate surface area is 204 Å². The molecule has 0 fully saturated rings. The first-order valence-corrected chi connectivity index (χ1v) is 10.6. The molecule has 182 valence electrons. The topological polar surface area (TPSA) is 123 Å². The molecule has 0 atom stereocenters. The van der Waals surface area contributed by atoms with Crippen LogP contribution in [0.4, 0.5) is 18.9 Å². The van der Waals surface area contributed by atoms with E-state index in [0.717, 1.165) is 6.20 Å². The first-order valence-electron chi connectivity index (χ1n) is 10.3. The van der Waals surface area contributed by atoms with Gasteiger partial charge in [0.15, 0.2) is 11.5 Å². The molecule has 0 unspecified atom stereocenters. The molecule has 5 aromatic rings. The lowest BCUT2D eigenvalue weighted by Crippen LogP contribution is -2.21. The number of aryl methyl sites for hydroxylation is 1. The van der Waals surface area contributed by atoms with Gasteiger partial charge in [0.2, 0.25) is 0 Å². The standard InChI is InChI=1S/C22H14ClF3N8O2/c1-11-16(9-15(23)19(31-11)34-28-7-8-29-34)32-21(36)14-10-30-33(18(14)22(24,25)26)17-4-2-3-13-12(17)5-6-27-20(13)35/h2-10H,1H3,(H,27,35)(H,32,36). The molecule has 0 aliphatic rings. The molecule has 4 heterocycles. The highest BCUT2D eigenvalue weighted by molar-refractivity contribution is 6.32. The minimum absolute atomic E-state index is 0.0121. The summed E-state index contributed by atoms with van der Waals surface area (Å²) in [7, 11) is 0. The van der Waals surface area contributed by atoms with Crippen LogP contribution in [-0.4, -0.2) is 40.6 Å². The van der Waals surface area contributed by atoms with Crippen molar-refractivity contribution < 1.29 is 18.0 Å². The van der Waals surface area contributed by atoms with Gasteiger partial charge in [-0.25, -0.2) is 9.67 Å². The van der Waals surface area contributed by atoms with Crippen molar-refractivity contribution in [3.05, 3.63) is 87.4 Å². The average molecular weight is 515 g/mol. The van der Waals surface area contributed by atoms with Crippen molar-refractivity contribution in [3.63, 3.8) is 0 Å². The molecule has 10 nitrogen and oxygen atoms in total. The zero-order chi connectivity index (χ0) is 25.6. The molecule has 5 rings (SSSR count). The van der Waals surface area contributed by atoms with Gasteiger partial charge in [-0.15, -0.1) is 4.80 Å². The maximum atomic E-state index is 14.2. The molecule has 0 saturated heterocycles. The minimum Gasteiger partial charge on any atom is -0.329 e. The van der Waals surface area contributed by atoms with Crippen molar-refractivity contribution in [3.8, 4) is 11.5 Å². The summed E-state index contributed by atoms with van der Waals surface area (Å²) in [5, 5.41) is 14.6. The zero-order valence-electron chi connectivity index (χ0n) is 18.2. The van der Waals surface area contributed by atoms with Gasteiger partial charge in [-0.3, -0.25) is 9.59 Å².